The van der Waals surface area contributed by atoms with E-state index in [2.05, 4.69) is 10.2 Å². The third-order valence-electron chi connectivity index (χ3n) is 2.37. The number of anilines is 1. The van der Waals surface area contributed by atoms with Crippen molar-refractivity contribution in [3.8, 4) is 17.0 Å². The van der Waals surface area contributed by atoms with Gasteiger partial charge >= 0.3 is 0 Å². The van der Waals surface area contributed by atoms with Crippen molar-refractivity contribution in [1.29, 1.82) is 0 Å². The van der Waals surface area contributed by atoms with Crippen LogP contribution in [0.3, 0.4) is 0 Å². The number of H-pyrrole nitrogens is 1. The molecule has 1 heterocycles. The zero-order valence-electron chi connectivity index (χ0n) is 8.74. The number of aryl methyl sites for hydroxylation is 1. The van der Waals surface area contributed by atoms with E-state index in [-0.39, 0.29) is 0 Å². The smallest absolute Gasteiger partial charge is 0.122 e. The first kappa shape index (κ1) is 9.58. The molecule has 0 spiro atoms. The first-order valence-corrected chi connectivity index (χ1v) is 4.66. The standard InChI is InChI=1S/C11H13N3O/c1-7-3-4-8(5-10(7)15-2)11-9(12)6-13-14-11/h3-6H,12H2,1-2H3,(H,13,14). The number of benzene rings is 1. The predicted octanol–water partition coefficient (Wildman–Crippen LogP) is 1.98. The lowest BCUT2D eigenvalue weighted by molar-refractivity contribution is 0.412. The largest absolute Gasteiger partial charge is 0.496 e. The lowest BCUT2D eigenvalue weighted by atomic mass is 10.1. The van der Waals surface area contributed by atoms with E-state index in [4.69, 9.17) is 10.5 Å². The molecule has 2 rings (SSSR count). The Labute approximate surface area is 88.1 Å². The van der Waals surface area contributed by atoms with Crippen LogP contribution in [0.2, 0.25) is 0 Å². The Morgan fingerprint density at radius 1 is 1.40 bits per heavy atom. The quantitative estimate of drug-likeness (QED) is 0.784. The van der Waals surface area contributed by atoms with E-state index < -0.39 is 0 Å². The predicted molar refractivity (Wildman–Crippen MR) is 59.7 cm³/mol. The summed E-state index contributed by atoms with van der Waals surface area (Å²) in [6.07, 6.45) is 1.60. The number of nitrogens with zero attached hydrogens (tertiary/aromatic N) is 1. The lowest BCUT2D eigenvalue weighted by Gasteiger charge is -2.06. The number of aromatic amines is 1. The summed E-state index contributed by atoms with van der Waals surface area (Å²) in [5.74, 6) is 0.849. The molecule has 0 amide bonds. The normalized spacial score (nSPS) is 10.3. The monoisotopic (exact) mass is 203 g/mol. The van der Waals surface area contributed by atoms with Crippen molar-refractivity contribution in [3.63, 3.8) is 0 Å². The second-order valence-corrected chi connectivity index (χ2v) is 3.38. The average Bonchev–Trinajstić information content (AvgIpc) is 2.65. The van der Waals surface area contributed by atoms with Crippen LogP contribution < -0.4 is 10.5 Å². The Kier molecular flexibility index (Phi) is 2.33. The minimum Gasteiger partial charge on any atom is -0.496 e. The molecular weight excluding hydrogens is 190 g/mol. The summed E-state index contributed by atoms with van der Waals surface area (Å²) in [5, 5.41) is 6.75. The molecule has 15 heavy (non-hydrogen) atoms. The van der Waals surface area contributed by atoms with E-state index >= 15 is 0 Å². The van der Waals surface area contributed by atoms with Gasteiger partial charge in [-0.2, -0.15) is 5.10 Å². The molecule has 2 aromatic rings. The van der Waals surface area contributed by atoms with E-state index in [0.717, 1.165) is 22.6 Å². The molecule has 0 unspecified atom stereocenters. The van der Waals surface area contributed by atoms with Crippen LogP contribution in [0, 0.1) is 6.92 Å². The van der Waals surface area contributed by atoms with Crippen molar-refractivity contribution in [3.05, 3.63) is 30.0 Å². The number of rotatable bonds is 2. The van der Waals surface area contributed by atoms with E-state index in [1.807, 2.05) is 25.1 Å². The number of hydrogen-bond donors (Lipinski definition) is 2. The highest BCUT2D eigenvalue weighted by Crippen LogP contribution is 2.28. The Morgan fingerprint density at radius 3 is 2.80 bits per heavy atom. The van der Waals surface area contributed by atoms with Crippen LogP contribution in [0.5, 0.6) is 5.75 Å². The fraction of sp³-hybridized carbons (Fsp3) is 0.182. The maximum Gasteiger partial charge on any atom is 0.122 e. The fourth-order valence-corrected chi connectivity index (χ4v) is 1.50. The van der Waals surface area contributed by atoms with Crippen molar-refractivity contribution in [2.45, 2.75) is 6.92 Å². The molecule has 4 heteroatoms. The zero-order valence-corrected chi connectivity index (χ0v) is 8.74. The van der Waals surface area contributed by atoms with Crippen LogP contribution in [-0.2, 0) is 0 Å². The van der Waals surface area contributed by atoms with Crippen LogP contribution in [0.1, 0.15) is 5.56 Å². The van der Waals surface area contributed by atoms with Crippen LogP contribution >= 0.6 is 0 Å². The summed E-state index contributed by atoms with van der Waals surface area (Å²) in [5.41, 5.74) is 9.31. The van der Waals surface area contributed by atoms with Gasteiger partial charge in [0, 0.05) is 5.56 Å². The number of methoxy groups -OCH3 is 1. The highest BCUT2D eigenvalue weighted by Gasteiger charge is 2.06. The number of nitrogen functional groups attached to an aromatic ring is 1. The Morgan fingerprint density at radius 2 is 2.20 bits per heavy atom. The van der Waals surface area contributed by atoms with Crippen molar-refractivity contribution >= 4 is 5.69 Å². The van der Waals surface area contributed by atoms with Gasteiger partial charge in [0.25, 0.3) is 0 Å². The molecule has 0 bridgehead atoms. The number of aromatic nitrogens is 2. The van der Waals surface area contributed by atoms with Crippen LogP contribution in [0.15, 0.2) is 24.4 Å². The van der Waals surface area contributed by atoms with E-state index in [0.29, 0.717) is 5.69 Å². The SMILES string of the molecule is COc1cc(-c2[nH]ncc2N)ccc1C. The molecule has 0 aliphatic heterocycles. The van der Waals surface area contributed by atoms with Crippen molar-refractivity contribution in [2.75, 3.05) is 12.8 Å². The highest BCUT2D eigenvalue weighted by molar-refractivity contribution is 5.73. The molecule has 78 valence electrons. The summed E-state index contributed by atoms with van der Waals surface area (Å²) in [4.78, 5) is 0. The number of ether oxygens (including phenoxy) is 1. The van der Waals surface area contributed by atoms with E-state index in [9.17, 15) is 0 Å². The van der Waals surface area contributed by atoms with Gasteiger partial charge in [-0.25, -0.2) is 0 Å². The molecule has 0 fully saturated rings. The molecule has 3 N–H and O–H groups in total. The van der Waals surface area contributed by atoms with Crippen molar-refractivity contribution < 1.29 is 4.74 Å². The van der Waals surface area contributed by atoms with Gasteiger partial charge in [-0.05, 0) is 18.6 Å². The van der Waals surface area contributed by atoms with E-state index in [1.165, 1.54) is 0 Å². The van der Waals surface area contributed by atoms with Gasteiger partial charge in [0.15, 0.2) is 0 Å². The minimum absolute atomic E-state index is 0.640. The van der Waals surface area contributed by atoms with Gasteiger partial charge in [-0.1, -0.05) is 12.1 Å². The maximum atomic E-state index is 5.77. The number of nitrogens with one attached hydrogen (secondary N) is 1. The second kappa shape index (κ2) is 3.65. The van der Waals surface area contributed by atoms with Gasteiger partial charge in [-0.3, -0.25) is 5.10 Å². The van der Waals surface area contributed by atoms with Crippen LogP contribution in [0.4, 0.5) is 5.69 Å². The topological polar surface area (TPSA) is 63.9 Å². The molecule has 0 radical (unpaired) electrons. The summed E-state index contributed by atoms with van der Waals surface area (Å²) >= 11 is 0. The van der Waals surface area contributed by atoms with Crippen molar-refractivity contribution in [2.24, 2.45) is 0 Å². The van der Waals surface area contributed by atoms with Gasteiger partial charge < -0.3 is 10.5 Å². The molecule has 0 saturated carbocycles. The zero-order chi connectivity index (χ0) is 10.8. The molecule has 0 saturated heterocycles. The molecule has 4 nitrogen and oxygen atoms in total. The minimum atomic E-state index is 0.640. The second-order valence-electron chi connectivity index (χ2n) is 3.38. The number of nitrogens with two attached hydrogens (primary N) is 1. The molecule has 1 aromatic heterocycles. The summed E-state index contributed by atoms with van der Waals surface area (Å²) < 4.78 is 5.25. The summed E-state index contributed by atoms with van der Waals surface area (Å²) in [7, 11) is 1.66. The molecule has 0 aliphatic carbocycles. The Hall–Kier alpha value is -1.97. The van der Waals surface area contributed by atoms with Crippen LogP contribution in [0.25, 0.3) is 11.3 Å². The summed E-state index contributed by atoms with van der Waals surface area (Å²) in [6.45, 7) is 2.00. The third kappa shape index (κ3) is 1.66. The van der Waals surface area contributed by atoms with Crippen molar-refractivity contribution in [1.82, 2.24) is 10.2 Å². The highest BCUT2D eigenvalue weighted by atomic mass is 16.5. The van der Waals surface area contributed by atoms with Crippen LogP contribution in [-0.4, -0.2) is 17.3 Å². The Bertz CT molecular complexity index is 476. The average molecular weight is 203 g/mol. The molecule has 1 aromatic carbocycles. The first-order valence-electron chi connectivity index (χ1n) is 4.66. The van der Waals surface area contributed by atoms with Gasteiger partial charge in [-0.15, -0.1) is 0 Å². The van der Waals surface area contributed by atoms with E-state index in [1.54, 1.807) is 13.3 Å². The maximum absolute atomic E-state index is 5.77. The summed E-state index contributed by atoms with van der Waals surface area (Å²) in [6, 6.07) is 5.93. The molecule has 0 atom stereocenters. The third-order valence-corrected chi connectivity index (χ3v) is 2.37. The Balaban J connectivity index is 2.51. The number of hydrogen-bond acceptors (Lipinski definition) is 3. The molecule has 0 aliphatic rings. The van der Waals surface area contributed by atoms with Gasteiger partial charge in [0.2, 0.25) is 0 Å². The fourth-order valence-electron chi connectivity index (χ4n) is 1.50. The lowest BCUT2D eigenvalue weighted by Crippen LogP contribution is -1.90. The van der Waals surface area contributed by atoms with Gasteiger partial charge in [0.1, 0.15) is 5.75 Å². The molecular formula is C11H13N3O. The first-order chi connectivity index (χ1) is 7.22. The van der Waals surface area contributed by atoms with Gasteiger partial charge in [0.05, 0.1) is 24.7 Å².